The van der Waals surface area contributed by atoms with Crippen LogP contribution < -0.4 is 0 Å². The van der Waals surface area contributed by atoms with Crippen molar-refractivity contribution in [1.82, 2.24) is 10.1 Å². The lowest BCUT2D eigenvalue weighted by Crippen LogP contribution is -1.92. The Bertz CT molecular complexity index is 826. The highest BCUT2D eigenvalue weighted by Crippen LogP contribution is 2.27. The molecule has 3 rings (SSSR count). The van der Waals surface area contributed by atoms with E-state index in [-0.39, 0.29) is 0 Å². The van der Waals surface area contributed by atoms with Gasteiger partial charge in [0, 0.05) is 6.42 Å². The fraction of sp³-hybridized carbons (Fsp3) is 0.188. The van der Waals surface area contributed by atoms with Crippen LogP contribution in [0.25, 0.3) is 10.8 Å². The van der Waals surface area contributed by atoms with Crippen LogP contribution >= 0.6 is 11.3 Å². The molecule has 2 heterocycles. The van der Waals surface area contributed by atoms with Crippen molar-refractivity contribution in [1.29, 1.82) is 5.26 Å². The predicted octanol–water partition coefficient (Wildman–Crippen LogP) is 3.88. The lowest BCUT2D eigenvalue weighted by molar-refractivity contribution is 0.424. The molecule has 1 aromatic carbocycles. The number of aromatic nitrogens is 2. The number of rotatable bonds is 3. The molecule has 0 aliphatic rings. The van der Waals surface area contributed by atoms with Crippen LogP contribution in [0.5, 0.6) is 0 Å². The van der Waals surface area contributed by atoms with E-state index in [1.807, 2.05) is 5.38 Å². The normalized spacial score (nSPS) is 10.5. The summed E-state index contributed by atoms with van der Waals surface area (Å²) < 4.78 is 5.28. The molecule has 0 spiro atoms. The molecule has 21 heavy (non-hydrogen) atoms. The molecule has 0 saturated carbocycles. The average Bonchev–Trinajstić information content (AvgIpc) is 3.11. The molecule has 4 nitrogen and oxygen atoms in total. The van der Waals surface area contributed by atoms with Crippen LogP contribution in [0.3, 0.4) is 0 Å². The largest absolute Gasteiger partial charge is 0.333 e. The maximum Gasteiger partial charge on any atom is 0.269 e. The first-order valence-electron chi connectivity index (χ1n) is 6.54. The van der Waals surface area contributed by atoms with Gasteiger partial charge in [-0.2, -0.15) is 10.2 Å². The van der Waals surface area contributed by atoms with Crippen molar-refractivity contribution in [2.45, 2.75) is 20.3 Å². The van der Waals surface area contributed by atoms with Crippen LogP contribution in [0.4, 0.5) is 0 Å². The van der Waals surface area contributed by atoms with Gasteiger partial charge >= 0.3 is 0 Å². The van der Waals surface area contributed by atoms with E-state index in [0.717, 1.165) is 10.4 Å². The number of hydrogen-bond acceptors (Lipinski definition) is 5. The van der Waals surface area contributed by atoms with Gasteiger partial charge in [0.2, 0.25) is 0 Å². The van der Waals surface area contributed by atoms with Crippen LogP contribution in [-0.2, 0) is 6.42 Å². The Balaban J connectivity index is 1.85. The van der Waals surface area contributed by atoms with Crippen molar-refractivity contribution in [3.63, 3.8) is 0 Å². The minimum atomic E-state index is 0.417. The zero-order valence-corrected chi connectivity index (χ0v) is 12.6. The van der Waals surface area contributed by atoms with Gasteiger partial charge in [0.05, 0.1) is 5.56 Å². The summed E-state index contributed by atoms with van der Waals surface area (Å²) in [5.74, 6) is 1.05. The maximum atomic E-state index is 9.03. The molecule has 0 fully saturated rings. The molecule has 3 aromatic rings. The van der Waals surface area contributed by atoms with Crippen molar-refractivity contribution in [2.24, 2.45) is 0 Å². The van der Waals surface area contributed by atoms with Crippen LogP contribution in [0, 0.1) is 25.2 Å². The molecule has 0 bridgehead atoms. The molecule has 0 aliphatic heterocycles. The number of nitrogens with zero attached hydrogens (tertiary/aromatic N) is 3. The van der Waals surface area contributed by atoms with Gasteiger partial charge in [-0.1, -0.05) is 23.4 Å². The Labute approximate surface area is 126 Å². The smallest absolute Gasteiger partial charge is 0.269 e. The number of aryl methyl sites for hydroxylation is 2. The van der Waals surface area contributed by atoms with Crippen LogP contribution in [0.2, 0.25) is 0 Å². The monoisotopic (exact) mass is 295 g/mol. The fourth-order valence-corrected chi connectivity index (χ4v) is 2.84. The zero-order valence-electron chi connectivity index (χ0n) is 11.8. The molecule has 0 radical (unpaired) electrons. The molecule has 0 atom stereocenters. The lowest BCUT2D eigenvalue weighted by atomic mass is 10.0. The summed E-state index contributed by atoms with van der Waals surface area (Å²) in [5, 5.41) is 14.9. The summed E-state index contributed by atoms with van der Waals surface area (Å²) in [4.78, 5) is 5.12. The number of hydrogen-bond donors (Lipinski definition) is 0. The third kappa shape index (κ3) is 2.71. The zero-order chi connectivity index (χ0) is 14.8. The van der Waals surface area contributed by atoms with Crippen molar-refractivity contribution in [3.05, 3.63) is 57.7 Å². The van der Waals surface area contributed by atoms with E-state index in [9.17, 15) is 0 Å². The van der Waals surface area contributed by atoms with E-state index in [4.69, 9.17) is 9.78 Å². The first kappa shape index (κ1) is 13.5. The van der Waals surface area contributed by atoms with Gasteiger partial charge in [-0.25, -0.2) is 0 Å². The van der Waals surface area contributed by atoms with Gasteiger partial charge in [-0.05, 0) is 42.0 Å². The molecule has 0 aliphatic carbocycles. The topological polar surface area (TPSA) is 62.7 Å². The van der Waals surface area contributed by atoms with E-state index < -0.39 is 0 Å². The van der Waals surface area contributed by atoms with Crippen molar-refractivity contribution in [2.75, 3.05) is 0 Å². The minimum absolute atomic E-state index is 0.417. The highest BCUT2D eigenvalue weighted by atomic mass is 32.1. The Morgan fingerprint density at radius 2 is 2.10 bits per heavy atom. The Kier molecular flexibility index (Phi) is 3.55. The van der Waals surface area contributed by atoms with E-state index in [1.165, 1.54) is 22.5 Å². The van der Waals surface area contributed by atoms with Crippen molar-refractivity contribution >= 4 is 11.3 Å². The number of thiophene rings is 1. The third-order valence-corrected chi connectivity index (χ3v) is 4.28. The predicted molar refractivity (Wildman–Crippen MR) is 81.0 cm³/mol. The highest BCUT2D eigenvalue weighted by molar-refractivity contribution is 7.13. The van der Waals surface area contributed by atoms with Gasteiger partial charge in [-0.3, -0.25) is 0 Å². The molecule has 104 valence electrons. The molecule has 0 amide bonds. The second-order valence-corrected chi connectivity index (χ2v) is 5.80. The summed E-state index contributed by atoms with van der Waals surface area (Å²) in [6.45, 7) is 4.18. The first-order chi connectivity index (χ1) is 10.2. The standard InChI is InChI=1S/C16H13N3OS/c1-10-3-4-12(7-11(10)2)8-14-18-16(20-19-14)15-13(9-17)5-6-21-15/h3-7H,8H2,1-2H3. The Morgan fingerprint density at radius 3 is 2.86 bits per heavy atom. The lowest BCUT2D eigenvalue weighted by Gasteiger charge is -2.02. The van der Waals surface area contributed by atoms with E-state index in [2.05, 4.69) is 48.3 Å². The quantitative estimate of drug-likeness (QED) is 0.735. The summed E-state index contributed by atoms with van der Waals surface area (Å²) in [7, 11) is 0. The molecular formula is C16H13N3OS. The Hall–Kier alpha value is -2.45. The molecular weight excluding hydrogens is 282 g/mol. The summed E-state index contributed by atoms with van der Waals surface area (Å²) in [6.07, 6.45) is 0.623. The first-order valence-corrected chi connectivity index (χ1v) is 7.42. The summed E-state index contributed by atoms with van der Waals surface area (Å²) >= 11 is 1.43. The summed E-state index contributed by atoms with van der Waals surface area (Å²) in [6, 6.07) is 10.2. The second kappa shape index (κ2) is 5.51. The molecule has 5 heteroatoms. The van der Waals surface area contributed by atoms with Crippen LogP contribution in [-0.4, -0.2) is 10.1 Å². The van der Waals surface area contributed by atoms with E-state index in [0.29, 0.717) is 23.7 Å². The van der Waals surface area contributed by atoms with E-state index >= 15 is 0 Å². The molecule has 0 saturated heterocycles. The van der Waals surface area contributed by atoms with Crippen LogP contribution in [0.1, 0.15) is 28.1 Å². The van der Waals surface area contributed by atoms with Crippen molar-refractivity contribution < 1.29 is 4.52 Å². The fourth-order valence-electron chi connectivity index (χ4n) is 2.08. The molecule has 0 unspecified atom stereocenters. The molecule has 0 N–H and O–H groups in total. The van der Waals surface area contributed by atoms with Gasteiger partial charge in [0.15, 0.2) is 5.82 Å². The number of benzene rings is 1. The minimum Gasteiger partial charge on any atom is -0.333 e. The SMILES string of the molecule is Cc1ccc(Cc2noc(-c3sccc3C#N)n2)cc1C. The second-order valence-electron chi connectivity index (χ2n) is 4.89. The number of nitriles is 1. The van der Waals surface area contributed by atoms with Gasteiger partial charge in [0.1, 0.15) is 10.9 Å². The Morgan fingerprint density at radius 1 is 1.24 bits per heavy atom. The van der Waals surface area contributed by atoms with Gasteiger partial charge < -0.3 is 4.52 Å². The van der Waals surface area contributed by atoms with Gasteiger partial charge in [-0.15, -0.1) is 11.3 Å². The summed E-state index contributed by atoms with van der Waals surface area (Å²) in [5.41, 5.74) is 4.24. The van der Waals surface area contributed by atoms with Crippen LogP contribution in [0.15, 0.2) is 34.2 Å². The maximum absolute atomic E-state index is 9.03. The van der Waals surface area contributed by atoms with Crippen molar-refractivity contribution in [3.8, 4) is 16.8 Å². The third-order valence-electron chi connectivity index (χ3n) is 3.38. The highest BCUT2D eigenvalue weighted by Gasteiger charge is 2.14. The van der Waals surface area contributed by atoms with E-state index in [1.54, 1.807) is 6.07 Å². The molecule has 2 aromatic heterocycles. The van der Waals surface area contributed by atoms with Gasteiger partial charge in [0.25, 0.3) is 5.89 Å². The average molecular weight is 295 g/mol.